The molecule has 1 aliphatic rings. The van der Waals surface area contributed by atoms with Crippen molar-refractivity contribution in [3.8, 4) is 0 Å². The number of hydrogen-bond donors (Lipinski definition) is 0. The molecule has 0 aromatic heterocycles. The van der Waals surface area contributed by atoms with E-state index in [0.29, 0.717) is 0 Å². The number of hydrogen-bond acceptors (Lipinski definition) is 1. The van der Waals surface area contributed by atoms with Crippen molar-refractivity contribution in [2.75, 3.05) is 0 Å². The van der Waals surface area contributed by atoms with E-state index in [1.165, 1.54) is 38.5 Å². The monoisotopic (exact) mass is 170 g/mol. The molecule has 1 fully saturated rings. The van der Waals surface area contributed by atoms with Crippen LogP contribution >= 0.6 is 12.2 Å². The Kier molecular flexibility index (Phi) is 4.06. The Balaban J connectivity index is 2.37. The SMILES string of the molecule is CC[C@H]1CCCC[C@H]1CC=S. The van der Waals surface area contributed by atoms with Gasteiger partial charge in [0.2, 0.25) is 0 Å². The van der Waals surface area contributed by atoms with E-state index in [2.05, 4.69) is 6.92 Å². The van der Waals surface area contributed by atoms with Crippen molar-refractivity contribution in [2.24, 2.45) is 11.8 Å². The second-order valence-corrected chi connectivity index (χ2v) is 3.95. The molecule has 2 atom stereocenters. The molecular weight excluding hydrogens is 152 g/mol. The zero-order valence-corrected chi connectivity index (χ0v) is 8.20. The average molecular weight is 170 g/mol. The first kappa shape index (κ1) is 9.18. The van der Waals surface area contributed by atoms with E-state index in [1.807, 2.05) is 5.37 Å². The second-order valence-electron chi connectivity index (χ2n) is 3.62. The largest absolute Gasteiger partial charge is 0.0935 e. The lowest BCUT2D eigenvalue weighted by Gasteiger charge is -2.29. The Bertz CT molecular complexity index is 120. The fourth-order valence-corrected chi connectivity index (χ4v) is 2.50. The van der Waals surface area contributed by atoms with Crippen LogP contribution in [0.4, 0.5) is 0 Å². The quantitative estimate of drug-likeness (QED) is 0.583. The summed E-state index contributed by atoms with van der Waals surface area (Å²) in [6.07, 6.45) is 8.29. The second kappa shape index (κ2) is 4.87. The summed E-state index contributed by atoms with van der Waals surface area (Å²) in [5, 5.41) is 1.93. The van der Waals surface area contributed by atoms with Gasteiger partial charge < -0.3 is 0 Å². The maximum atomic E-state index is 4.91. The van der Waals surface area contributed by atoms with Gasteiger partial charge in [-0.3, -0.25) is 0 Å². The molecule has 1 aliphatic carbocycles. The fourth-order valence-electron chi connectivity index (χ4n) is 2.26. The molecule has 1 rings (SSSR count). The van der Waals surface area contributed by atoms with E-state index in [4.69, 9.17) is 12.2 Å². The van der Waals surface area contributed by atoms with Crippen LogP contribution in [-0.2, 0) is 0 Å². The molecule has 11 heavy (non-hydrogen) atoms. The third-order valence-electron chi connectivity index (χ3n) is 2.99. The maximum Gasteiger partial charge on any atom is -0.0208 e. The van der Waals surface area contributed by atoms with Crippen molar-refractivity contribution >= 4 is 17.6 Å². The third-order valence-corrected chi connectivity index (χ3v) is 3.18. The van der Waals surface area contributed by atoms with Crippen molar-refractivity contribution in [1.82, 2.24) is 0 Å². The summed E-state index contributed by atoms with van der Waals surface area (Å²) < 4.78 is 0. The molecule has 0 aromatic rings. The summed E-state index contributed by atoms with van der Waals surface area (Å²) in [5.41, 5.74) is 0. The van der Waals surface area contributed by atoms with Gasteiger partial charge in [0.25, 0.3) is 0 Å². The Morgan fingerprint density at radius 2 is 1.91 bits per heavy atom. The fraction of sp³-hybridized carbons (Fsp3) is 0.900. The van der Waals surface area contributed by atoms with Crippen molar-refractivity contribution < 1.29 is 0 Å². The summed E-state index contributed by atoms with van der Waals surface area (Å²) in [7, 11) is 0. The van der Waals surface area contributed by atoms with Gasteiger partial charge in [0.1, 0.15) is 0 Å². The highest BCUT2D eigenvalue weighted by molar-refractivity contribution is 7.78. The van der Waals surface area contributed by atoms with Crippen LogP contribution in [0.5, 0.6) is 0 Å². The lowest BCUT2D eigenvalue weighted by molar-refractivity contribution is 0.239. The molecule has 0 spiro atoms. The molecule has 0 bridgehead atoms. The van der Waals surface area contributed by atoms with Gasteiger partial charge >= 0.3 is 0 Å². The van der Waals surface area contributed by atoms with Crippen LogP contribution in [0.2, 0.25) is 0 Å². The maximum absolute atomic E-state index is 4.91. The van der Waals surface area contributed by atoms with Crippen LogP contribution in [0.15, 0.2) is 0 Å². The van der Waals surface area contributed by atoms with Crippen LogP contribution < -0.4 is 0 Å². The predicted octanol–water partition coefficient (Wildman–Crippen LogP) is 3.59. The first-order valence-corrected chi connectivity index (χ1v) is 5.29. The molecule has 64 valence electrons. The van der Waals surface area contributed by atoms with Crippen molar-refractivity contribution in [1.29, 1.82) is 0 Å². The Hall–Kier alpha value is 0.0900. The average Bonchev–Trinajstić information content (AvgIpc) is 2.06. The minimum Gasteiger partial charge on any atom is -0.0935 e. The first-order chi connectivity index (χ1) is 5.38. The number of rotatable bonds is 3. The first-order valence-electron chi connectivity index (χ1n) is 4.82. The molecule has 0 amide bonds. The van der Waals surface area contributed by atoms with Gasteiger partial charge in [0.15, 0.2) is 0 Å². The summed E-state index contributed by atoms with van der Waals surface area (Å²) in [5.74, 6) is 1.90. The highest BCUT2D eigenvalue weighted by Gasteiger charge is 2.21. The molecule has 0 unspecified atom stereocenters. The molecule has 0 saturated heterocycles. The highest BCUT2D eigenvalue weighted by atomic mass is 32.1. The van der Waals surface area contributed by atoms with Gasteiger partial charge in [0, 0.05) is 0 Å². The van der Waals surface area contributed by atoms with E-state index < -0.39 is 0 Å². The van der Waals surface area contributed by atoms with Gasteiger partial charge in [-0.1, -0.05) is 44.8 Å². The van der Waals surface area contributed by atoms with Crippen LogP contribution in [0.1, 0.15) is 45.4 Å². The van der Waals surface area contributed by atoms with Crippen LogP contribution in [0, 0.1) is 11.8 Å². The molecule has 0 aromatic carbocycles. The van der Waals surface area contributed by atoms with Crippen LogP contribution in [0.25, 0.3) is 0 Å². The molecule has 0 N–H and O–H groups in total. The molecule has 0 heterocycles. The smallest absolute Gasteiger partial charge is 0.0208 e. The predicted molar refractivity (Wildman–Crippen MR) is 54.0 cm³/mol. The minimum absolute atomic E-state index is 0.922. The van der Waals surface area contributed by atoms with Gasteiger partial charge in [-0.05, 0) is 30.0 Å². The minimum atomic E-state index is 0.922. The molecule has 0 aliphatic heterocycles. The normalized spacial score (nSPS) is 31.7. The molecule has 1 saturated carbocycles. The van der Waals surface area contributed by atoms with Crippen molar-refractivity contribution in [3.05, 3.63) is 0 Å². The van der Waals surface area contributed by atoms with Gasteiger partial charge in [0.05, 0.1) is 0 Å². The van der Waals surface area contributed by atoms with Crippen LogP contribution in [-0.4, -0.2) is 5.37 Å². The lowest BCUT2D eigenvalue weighted by Crippen LogP contribution is -2.18. The van der Waals surface area contributed by atoms with Gasteiger partial charge in [-0.15, -0.1) is 0 Å². The Labute approximate surface area is 75.4 Å². The molecule has 0 nitrogen and oxygen atoms in total. The van der Waals surface area contributed by atoms with Gasteiger partial charge in [-0.25, -0.2) is 0 Å². The van der Waals surface area contributed by atoms with Crippen molar-refractivity contribution in [3.63, 3.8) is 0 Å². The Morgan fingerprint density at radius 3 is 2.45 bits per heavy atom. The summed E-state index contributed by atoms with van der Waals surface area (Å²) in [6, 6.07) is 0. The van der Waals surface area contributed by atoms with E-state index in [-0.39, 0.29) is 0 Å². The third kappa shape index (κ3) is 2.55. The zero-order chi connectivity index (χ0) is 8.10. The van der Waals surface area contributed by atoms with E-state index in [9.17, 15) is 0 Å². The molecule has 0 radical (unpaired) electrons. The zero-order valence-electron chi connectivity index (χ0n) is 7.38. The summed E-state index contributed by atoms with van der Waals surface area (Å²) in [6.45, 7) is 2.31. The van der Waals surface area contributed by atoms with E-state index in [0.717, 1.165) is 11.8 Å². The van der Waals surface area contributed by atoms with Crippen LogP contribution in [0.3, 0.4) is 0 Å². The Morgan fingerprint density at radius 1 is 1.27 bits per heavy atom. The topological polar surface area (TPSA) is 0 Å². The summed E-state index contributed by atoms with van der Waals surface area (Å²) in [4.78, 5) is 0. The summed E-state index contributed by atoms with van der Waals surface area (Å²) >= 11 is 4.91. The highest BCUT2D eigenvalue weighted by Crippen LogP contribution is 2.33. The van der Waals surface area contributed by atoms with Gasteiger partial charge in [-0.2, -0.15) is 0 Å². The standard InChI is InChI=1S/C10H18S/c1-2-9-5-3-4-6-10(9)7-8-11/h8-10H,2-7H2,1H3/t9-,10-/m0/s1. The lowest BCUT2D eigenvalue weighted by atomic mass is 9.76. The molecule has 1 heteroatoms. The van der Waals surface area contributed by atoms with Crippen molar-refractivity contribution in [2.45, 2.75) is 45.4 Å². The molecular formula is C10H18S. The number of thiocarbonyl (C=S) groups is 1. The van der Waals surface area contributed by atoms with E-state index in [1.54, 1.807) is 0 Å². The van der Waals surface area contributed by atoms with E-state index >= 15 is 0 Å².